The lowest BCUT2D eigenvalue weighted by Gasteiger charge is -2.34. The highest BCUT2D eigenvalue weighted by molar-refractivity contribution is 5.96. The highest BCUT2D eigenvalue weighted by atomic mass is 16.1. The van der Waals surface area contributed by atoms with Crippen LogP contribution in [0.25, 0.3) is 11.2 Å². The monoisotopic (exact) mass is 442 g/mol. The Labute approximate surface area is 192 Å². The molecule has 5 rings (SSSR count). The summed E-state index contributed by atoms with van der Waals surface area (Å²) >= 11 is 0. The van der Waals surface area contributed by atoms with E-state index in [2.05, 4.69) is 47.2 Å². The van der Waals surface area contributed by atoms with E-state index in [0.29, 0.717) is 18.7 Å². The molecule has 1 aliphatic heterocycles. The van der Waals surface area contributed by atoms with E-state index in [9.17, 15) is 4.79 Å². The fourth-order valence-electron chi connectivity index (χ4n) is 4.02. The van der Waals surface area contributed by atoms with Crippen LogP contribution in [0.5, 0.6) is 0 Å². The second-order valence-electron chi connectivity index (χ2n) is 8.06. The minimum absolute atomic E-state index is 0.127. The molecule has 1 N–H and O–H groups in total. The molecule has 1 amide bonds. The molecule has 1 aliphatic rings. The first kappa shape index (κ1) is 21.0. The predicted molar refractivity (Wildman–Crippen MR) is 126 cm³/mol. The Bertz CT molecular complexity index is 1200. The molecule has 0 saturated carbocycles. The lowest BCUT2D eigenvalue weighted by molar-refractivity contribution is 0.0947. The first-order valence-electron chi connectivity index (χ1n) is 11.1. The standard InChI is InChI=1S/C24H26N8O/c33-23(25-9-10-30-11-13-31(14-12-30)24-26-7-4-8-27-24)20-15-21-22(28-16-20)32(18-29-21)17-19-5-2-1-3-6-19/h1-8,15-16,18H,9-14,17H2,(H,25,33). The predicted octanol–water partition coefficient (Wildman–Crippen LogP) is 1.82. The SMILES string of the molecule is O=C(NCCN1CCN(c2ncccn2)CC1)c1cnc2c(c1)ncn2Cc1ccccc1. The number of nitrogens with one attached hydrogen (secondary N) is 1. The largest absolute Gasteiger partial charge is 0.351 e. The van der Waals surface area contributed by atoms with Crippen LogP contribution in [0.2, 0.25) is 0 Å². The van der Waals surface area contributed by atoms with E-state index >= 15 is 0 Å². The number of piperazine rings is 1. The van der Waals surface area contributed by atoms with Gasteiger partial charge in [-0.1, -0.05) is 30.3 Å². The number of benzene rings is 1. The van der Waals surface area contributed by atoms with Crippen molar-refractivity contribution in [2.75, 3.05) is 44.2 Å². The van der Waals surface area contributed by atoms with Crippen LogP contribution in [-0.2, 0) is 6.54 Å². The molecule has 0 bridgehead atoms. The number of aromatic nitrogens is 5. The summed E-state index contributed by atoms with van der Waals surface area (Å²) in [5, 5.41) is 3.01. The van der Waals surface area contributed by atoms with Crippen molar-refractivity contribution >= 4 is 23.0 Å². The number of anilines is 1. The number of rotatable bonds is 7. The Morgan fingerprint density at radius 1 is 0.939 bits per heavy atom. The van der Waals surface area contributed by atoms with Gasteiger partial charge in [-0.3, -0.25) is 9.69 Å². The molecular weight excluding hydrogens is 416 g/mol. The number of fused-ring (bicyclic) bond motifs is 1. The van der Waals surface area contributed by atoms with Crippen molar-refractivity contribution in [3.05, 3.63) is 78.5 Å². The summed E-state index contributed by atoms with van der Waals surface area (Å²) in [6.45, 7) is 5.67. The van der Waals surface area contributed by atoms with E-state index in [-0.39, 0.29) is 5.91 Å². The van der Waals surface area contributed by atoms with E-state index in [4.69, 9.17) is 0 Å². The topological polar surface area (TPSA) is 92.1 Å². The summed E-state index contributed by atoms with van der Waals surface area (Å²) in [5.74, 6) is 0.651. The number of amides is 1. The van der Waals surface area contributed by atoms with Gasteiger partial charge in [0.1, 0.15) is 5.52 Å². The van der Waals surface area contributed by atoms with Gasteiger partial charge in [0.2, 0.25) is 5.95 Å². The average molecular weight is 443 g/mol. The van der Waals surface area contributed by atoms with Gasteiger partial charge in [0, 0.05) is 57.9 Å². The van der Waals surface area contributed by atoms with Gasteiger partial charge < -0.3 is 14.8 Å². The maximum absolute atomic E-state index is 12.6. The molecule has 0 unspecified atom stereocenters. The first-order chi connectivity index (χ1) is 16.3. The molecule has 3 aromatic heterocycles. The maximum atomic E-state index is 12.6. The van der Waals surface area contributed by atoms with Gasteiger partial charge in [-0.05, 0) is 17.7 Å². The zero-order valence-corrected chi connectivity index (χ0v) is 18.3. The van der Waals surface area contributed by atoms with E-state index in [1.165, 1.54) is 5.56 Å². The Balaban J connectivity index is 1.12. The Morgan fingerprint density at radius 3 is 2.52 bits per heavy atom. The molecule has 9 heteroatoms. The molecule has 1 aromatic carbocycles. The van der Waals surface area contributed by atoms with Gasteiger partial charge >= 0.3 is 0 Å². The summed E-state index contributed by atoms with van der Waals surface area (Å²) in [7, 11) is 0. The Hall–Kier alpha value is -3.85. The Morgan fingerprint density at radius 2 is 1.73 bits per heavy atom. The van der Waals surface area contributed by atoms with Crippen molar-refractivity contribution in [2.45, 2.75) is 6.54 Å². The summed E-state index contributed by atoms with van der Waals surface area (Å²) in [6.07, 6.45) is 6.93. The van der Waals surface area contributed by atoms with Gasteiger partial charge in [0.25, 0.3) is 5.91 Å². The van der Waals surface area contributed by atoms with Crippen LogP contribution in [0.1, 0.15) is 15.9 Å². The van der Waals surface area contributed by atoms with Gasteiger partial charge in [-0.15, -0.1) is 0 Å². The summed E-state index contributed by atoms with van der Waals surface area (Å²) in [6, 6.07) is 13.8. The average Bonchev–Trinajstić information content (AvgIpc) is 3.27. The number of pyridine rings is 1. The quantitative estimate of drug-likeness (QED) is 0.467. The molecule has 0 radical (unpaired) electrons. The number of nitrogens with zero attached hydrogens (tertiary/aromatic N) is 7. The minimum Gasteiger partial charge on any atom is -0.351 e. The van der Waals surface area contributed by atoms with Crippen LogP contribution in [0, 0.1) is 0 Å². The molecular formula is C24H26N8O. The number of hydrogen-bond acceptors (Lipinski definition) is 7. The minimum atomic E-state index is -0.127. The van der Waals surface area contributed by atoms with E-state index in [0.717, 1.165) is 49.8 Å². The van der Waals surface area contributed by atoms with Crippen molar-refractivity contribution in [3.63, 3.8) is 0 Å². The van der Waals surface area contributed by atoms with Crippen molar-refractivity contribution in [3.8, 4) is 0 Å². The molecule has 1 fully saturated rings. The Kier molecular flexibility index (Phi) is 6.21. The molecule has 1 saturated heterocycles. The van der Waals surface area contributed by atoms with Gasteiger partial charge in [-0.2, -0.15) is 0 Å². The van der Waals surface area contributed by atoms with E-state index in [1.807, 2.05) is 28.8 Å². The van der Waals surface area contributed by atoms with Crippen molar-refractivity contribution in [1.82, 2.24) is 34.7 Å². The second kappa shape index (κ2) is 9.74. The maximum Gasteiger partial charge on any atom is 0.252 e. The molecule has 33 heavy (non-hydrogen) atoms. The second-order valence-corrected chi connectivity index (χ2v) is 8.06. The van der Waals surface area contributed by atoms with Crippen molar-refractivity contribution in [1.29, 1.82) is 0 Å². The van der Waals surface area contributed by atoms with Gasteiger partial charge in [0.05, 0.1) is 18.4 Å². The van der Waals surface area contributed by atoms with Crippen molar-refractivity contribution < 1.29 is 4.79 Å². The molecule has 0 atom stereocenters. The summed E-state index contributed by atoms with van der Waals surface area (Å²) in [4.78, 5) is 34.7. The number of hydrogen-bond donors (Lipinski definition) is 1. The lowest BCUT2D eigenvalue weighted by atomic mass is 10.2. The smallest absolute Gasteiger partial charge is 0.252 e. The van der Waals surface area contributed by atoms with E-state index in [1.54, 1.807) is 31.0 Å². The first-order valence-corrected chi connectivity index (χ1v) is 11.1. The summed E-state index contributed by atoms with van der Waals surface area (Å²) < 4.78 is 1.99. The zero-order valence-electron chi connectivity index (χ0n) is 18.3. The molecule has 0 aliphatic carbocycles. The third kappa shape index (κ3) is 4.98. The van der Waals surface area contributed by atoms with Crippen LogP contribution in [-0.4, -0.2) is 74.6 Å². The molecule has 0 spiro atoms. The van der Waals surface area contributed by atoms with Crippen LogP contribution in [0.3, 0.4) is 0 Å². The fourth-order valence-corrected chi connectivity index (χ4v) is 4.02. The molecule has 9 nitrogen and oxygen atoms in total. The number of imidazole rings is 1. The molecule has 4 aromatic rings. The van der Waals surface area contributed by atoms with E-state index < -0.39 is 0 Å². The third-order valence-electron chi connectivity index (χ3n) is 5.83. The third-order valence-corrected chi connectivity index (χ3v) is 5.83. The number of carbonyl (C=O) groups excluding carboxylic acids is 1. The van der Waals surface area contributed by atoms with Crippen LogP contribution in [0.15, 0.2) is 67.4 Å². The fraction of sp³-hybridized carbons (Fsp3) is 0.292. The molecule has 168 valence electrons. The van der Waals surface area contributed by atoms with Crippen LogP contribution < -0.4 is 10.2 Å². The highest BCUT2D eigenvalue weighted by Gasteiger charge is 2.18. The van der Waals surface area contributed by atoms with Crippen LogP contribution >= 0.6 is 0 Å². The highest BCUT2D eigenvalue weighted by Crippen LogP contribution is 2.14. The van der Waals surface area contributed by atoms with Crippen LogP contribution in [0.4, 0.5) is 5.95 Å². The summed E-state index contributed by atoms with van der Waals surface area (Å²) in [5.41, 5.74) is 3.20. The van der Waals surface area contributed by atoms with Gasteiger partial charge in [-0.25, -0.2) is 19.9 Å². The molecule has 4 heterocycles. The normalized spacial score (nSPS) is 14.5. The van der Waals surface area contributed by atoms with Gasteiger partial charge in [0.15, 0.2) is 5.65 Å². The van der Waals surface area contributed by atoms with Crippen molar-refractivity contribution in [2.24, 2.45) is 0 Å². The zero-order chi connectivity index (χ0) is 22.5. The number of carbonyl (C=O) groups is 1. The lowest BCUT2D eigenvalue weighted by Crippen LogP contribution is -2.49.